The van der Waals surface area contributed by atoms with E-state index in [1.807, 2.05) is 0 Å². The molecular weight excluding hydrogens is 444 g/mol. The molecule has 0 spiro atoms. The van der Waals surface area contributed by atoms with Gasteiger partial charge in [-0.3, -0.25) is 0 Å². The van der Waals surface area contributed by atoms with Crippen molar-refractivity contribution in [2.45, 2.75) is 11.8 Å². The van der Waals surface area contributed by atoms with Crippen molar-refractivity contribution < 1.29 is 86.7 Å². The Bertz CT molecular complexity index is 1000. The molecule has 144 valence electrons. The average molecular weight is 458 g/mol. The standard InChI is InChI=1S/C16H16ClN3O6S.2Na/c1-3-20(19-18-13-8-10(17)4-7-15(13)26-2)14-6-5-11(27(23,24)25)9-12(14)16(21)22;;/h4-9H,3H2,1-2H3,(H,21,22)(H,23,24,25);;/q;2*+1/p-2. The SMILES string of the molecule is CCN(N=Nc1cc(Cl)ccc1OC)c1ccc(S(=O)(=O)[O-])cc1C(=O)[O-].[Na+].[Na+]. The number of methoxy groups -OCH3 is 1. The molecule has 2 aromatic carbocycles. The van der Waals surface area contributed by atoms with Crippen LogP contribution in [-0.2, 0) is 10.1 Å². The minimum Gasteiger partial charge on any atom is -0.744 e. The zero-order chi connectivity index (χ0) is 20.2. The quantitative estimate of drug-likeness (QED) is 0.180. The second-order valence-electron chi connectivity index (χ2n) is 5.14. The van der Waals surface area contributed by atoms with Gasteiger partial charge in [-0.15, -0.1) is 5.11 Å². The zero-order valence-electron chi connectivity index (χ0n) is 16.2. The Morgan fingerprint density at radius 2 is 1.86 bits per heavy atom. The molecule has 2 aromatic rings. The summed E-state index contributed by atoms with van der Waals surface area (Å²) in [5.74, 6) is -1.27. The molecule has 0 aliphatic carbocycles. The third-order valence-electron chi connectivity index (χ3n) is 3.46. The number of anilines is 1. The summed E-state index contributed by atoms with van der Waals surface area (Å²) < 4.78 is 38.5. The Morgan fingerprint density at radius 1 is 1.21 bits per heavy atom. The van der Waals surface area contributed by atoms with E-state index in [-0.39, 0.29) is 71.3 Å². The molecule has 0 saturated heterocycles. The van der Waals surface area contributed by atoms with Crippen LogP contribution in [0.25, 0.3) is 0 Å². The number of benzene rings is 2. The number of rotatable bonds is 7. The molecule has 13 heteroatoms. The molecule has 29 heavy (non-hydrogen) atoms. The number of carbonyl (C=O) groups is 1. The number of hydrogen-bond acceptors (Lipinski definition) is 8. The second-order valence-corrected chi connectivity index (χ2v) is 6.96. The van der Waals surface area contributed by atoms with Gasteiger partial charge in [-0.05, 0) is 43.3 Å². The van der Waals surface area contributed by atoms with Gasteiger partial charge >= 0.3 is 59.1 Å². The van der Waals surface area contributed by atoms with E-state index in [1.165, 1.54) is 18.2 Å². The van der Waals surface area contributed by atoms with Crippen LogP contribution < -0.4 is 74.0 Å². The molecule has 0 atom stereocenters. The molecule has 0 N–H and O–H groups in total. The molecule has 0 aliphatic heterocycles. The first-order chi connectivity index (χ1) is 12.7. The van der Waals surface area contributed by atoms with Crippen molar-refractivity contribution in [3.05, 3.63) is 47.0 Å². The first kappa shape index (κ1) is 28.3. The molecule has 0 aromatic heterocycles. The minimum atomic E-state index is -4.82. The summed E-state index contributed by atoms with van der Waals surface area (Å²) in [6.07, 6.45) is 0. The third kappa shape index (κ3) is 7.50. The summed E-state index contributed by atoms with van der Waals surface area (Å²) in [5, 5.41) is 21.0. The predicted octanol–water partition coefficient (Wildman–Crippen LogP) is -3.85. The molecule has 0 bridgehead atoms. The molecule has 0 unspecified atom stereocenters. The van der Waals surface area contributed by atoms with Crippen molar-refractivity contribution >= 4 is 39.1 Å². The monoisotopic (exact) mass is 457 g/mol. The fourth-order valence-electron chi connectivity index (χ4n) is 2.18. The maximum absolute atomic E-state index is 11.4. The van der Waals surface area contributed by atoms with Gasteiger partial charge in [0.2, 0.25) is 0 Å². The van der Waals surface area contributed by atoms with Crippen molar-refractivity contribution in [2.24, 2.45) is 10.3 Å². The van der Waals surface area contributed by atoms with Crippen LogP contribution in [0.15, 0.2) is 51.6 Å². The van der Waals surface area contributed by atoms with Crippen molar-refractivity contribution in [2.75, 3.05) is 18.7 Å². The largest absolute Gasteiger partial charge is 1.00 e. The molecule has 0 saturated carbocycles. The van der Waals surface area contributed by atoms with Crippen LogP contribution >= 0.6 is 11.6 Å². The van der Waals surface area contributed by atoms with Gasteiger partial charge in [0.25, 0.3) is 0 Å². The van der Waals surface area contributed by atoms with Crippen LogP contribution in [0.2, 0.25) is 5.02 Å². The van der Waals surface area contributed by atoms with E-state index in [2.05, 4.69) is 10.3 Å². The summed E-state index contributed by atoms with van der Waals surface area (Å²) in [6.45, 7) is 1.86. The van der Waals surface area contributed by atoms with Gasteiger partial charge in [0, 0.05) is 17.1 Å². The van der Waals surface area contributed by atoms with E-state index in [0.29, 0.717) is 16.5 Å². The Morgan fingerprint density at radius 3 is 2.38 bits per heavy atom. The van der Waals surface area contributed by atoms with E-state index >= 15 is 0 Å². The van der Waals surface area contributed by atoms with E-state index in [9.17, 15) is 22.9 Å². The summed E-state index contributed by atoms with van der Waals surface area (Å²) in [4.78, 5) is 10.7. The van der Waals surface area contributed by atoms with E-state index in [4.69, 9.17) is 16.3 Å². The maximum Gasteiger partial charge on any atom is 1.00 e. The normalized spacial score (nSPS) is 10.8. The Balaban J connectivity index is 0.00000392. The van der Waals surface area contributed by atoms with Crippen molar-refractivity contribution in [1.29, 1.82) is 0 Å². The Hall–Kier alpha value is -0.690. The molecule has 2 rings (SSSR count). The smallest absolute Gasteiger partial charge is 0.744 e. The summed E-state index contributed by atoms with van der Waals surface area (Å²) in [6, 6.07) is 7.56. The maximum atomic E-state index is 11.4. The summed E-state index contributed by atoms with van der Waals surface area (Å²) in [7, 11) is -3.38. The number of carbonyl (C=O) groups excluding carboxylic acids is 1. The number of hydrogen-bond donors (Lipinski definition) is 0. The predicted molar refractivity (Wildman–Crippen MR) is 94.3 cm³/mol. The van der Waals surface area contributed by atoms with Gasteiger partial charge in [0.05, 0.1) is 23.7 Å². The third-order valence-corrected chi connectivity index (χ3v) is 4.52. The first-order valence-electron chi connectivity index (χ1n) is 7.51. The van der Waals surface area contributed by atoms with E-state index in [1.54, 1.807) is 19.1 Å². The second kappa shape index (κ2) is 12.2. The zero-order valence-corrected chi connectivity index (χ0v) is 21.8. The number of halogens is 1. The van der Waals surface area contributed by atoms with Gasteiger partial charge in [0.15, 0.2) is 0 Å². The number of ether oxygens (including phenoxy) is 1. The first-order valence-corrected chi connectivity index (χ1v) is 9.30. The molecular formula is C16H14ClN3Na2O6S. The van der Waals surface area contributed by atoms with Crippen LogP contribution in [0.5, 0.6) is 5.75 Å². The molecule has 9 nitrogen and oxygen atoms in total. The topological polar surface area (TPSA) is 135 Å². The van der Waals surface area contributed by atoms with Crippen molar-refractivity contribution in [3.8, 4) is 5.75 Å². The fourth-order valence-corrected chi connectivity index (χ4v) is 2.85. The number of carboxylic acids is 1. The molecule has 0 radical (unpaired) electrons. The number of carboxylic acid groups (broad SMARTS) is 1. The number of nitrogens with zero attached hydrogens (tertiary/aromatic N) is 3. The van der Waals surface area contributed by atoms with Crippen LogP contribution in [0, 0.1) is 0 Å². The van der Waals surface area contributed by atoms with E-state index in [0.717, 1.165) is 18.2 Å². The summed E-state index contributed by atoms with van der Waals surface area (Å²) >= 11 is 5.92. The fraction of sp³-hybridized carbons (Fsp3) is 0.188. The molecule has 0 aliphatic rings. The minimum absolute atomic E-state index is 0. The summed E-state index contributed by atoms with van der Waals surface area (Å²) in [5.41, 5.74) is -0.197. The van der Waals surface area contributed by atoms with Crippen molar-refractivity contribution in [1.82, 2.24) is 0 Å². The van der Waals surface area contributed by atoms with Gasteiger partial charge in [0.1, 0.15) is 21.6 Å². The van der Waals surface area contributed by atoms with E-state index < -0.39 is 26.5 Å². The van der Waals surface area contributed by atoms with Gasteiger partial charge in [-0.25, -0.2) is 13.4 Å². The van der Waals surface area contributed by atoms with Crippen molar-refractivity contribution in [3.63, 3.8) is 0 Å². The van der Waals surface area contributed by atoms with Crippen LogP contribution in [0.1, 0.15) is 17.3 Å². The van der Waals surface area contributed by atoms with Crippen LogP contribution in [-0.4, -0.2) is 32.6 Å². The van der Waals surface area contributed by atoms with Crippen LogP contribution in [0.3, 0.4) is 0 Å². The Kier molecular flexibility index (Phi) is 11.9. The molecule has 0 heterocycles. The van der Waals surface area contributed by atoms with Gasteiger partial charge in [-0.1, -0.05) is 16.8 Å². The Labute approximate surface area is 217 Å². The van der Waals surface area contributed by atoms with Gasteiger partial charge in [-0.2, -0.15) is 0 Å². The van der Waals surface area contributed by atoms with Crippen LogP contribution in [0.4, 0.5) is 11.4 Å². The van der Waals surface area contributed by atoms with Gasteiger partial charge < -0.3 is 19.2 Å². The number of aromatic carboxylic acids is 1. The molecule has 0 amide bonds. The molecule has 0 fully saturated rings. The average Bonchev–Trinajstić information content (AvgIpc) is 2.61.